The smallest absolute Gasteiger partial charge is 0.341 e. The Labute approximate surface area is 211 Å². The minimum Gasteiger partial charge on any atom is -0.494 e. The third-order valence-electron chi connectivity index (χ3n) is 5.28. The van der Waals surface area contributed by atoms with Crippen LogP contribution >= 0.6 is 11.3 Å². The number of benzene rings is 2. The van der Waals surface area contributed by atoms with Gasteiger partial charge in [-0.1, -0.05) is 37.6 Å². The van der Waals surface area contributed by atoms with Gasteiger partial charge in [0, 0.05) is 17.4 Å². The van der Waals surface area contributed by atoms with Crippen LogP contribution in [-0.2, 0) is 16.0 Å². The molecule has 0 unspecified atom stereocenters. The van der Waals surface area contributed by atoms with Crippen LogP contribution in [0.25, 0.3) is 11.1 Å². The lowest BCUT2D eigenvalue weighted by atomic mass is 10.0. The number of hydrogen-bond acceptors (Lipinski definition) is 6. The van der Waals surface area contributed by atoms with E-state index in [1.54, 1.807) is 6.92 Å². The SMILES string of the molecule is CCCc1ccc(OCCCC(=O)Nc2scc(-c3ccc(OCC)cc3)c2C(=O)OCC)cc1. The van der Waals surface area contributed by atoms with Crippen molar-refractivity contribution >= 4 is 28.2 Å². The number of nitrogens with one attached hydrogen (secondary N) is 1. The molecule has 186 valence electrons. The van der Waals surface area contributed by atoms with Crippen molar-refractivity contribution in [2.24, 2.45) is 0 Å². The number of esters is 1. The summed E-state index contributed by atoms with van der Waals surface area (Å²) in [6.07, 6.45) is 3.01. The third-order valence-corrected chi connectivity index (χ3v) is 6.17. The van der Waals surface area contributed by atoms with Crippen LogP contribution in [0.3, 0.4) is 0 Å². The van der Waals surface area contributed by atoms with Gasteiger partial charge in [-0.15, -0.1) is 11.3 Å². The minimum absolute atomic E-state index is 0.169. The van der Waals surface area contributed by atoms with Gasteiger partial charge >= 0.3 is 5.97 Å². The molecule has 0 saturated carbocycles. The van der Waals surface area contributed by atoms with E-state index < -0.39 is 5.97 Å². The average Bonchev–Trinajstić information content (AvgIpc) is 3.27. The fourth-order valence-electron chi connectivity index (χ4n) is 3.62. The lowest BCUT2D eigenvalue weighted by molar-refractivity contribution is -0.116. The molecule has 0 aliphatic carbocycles. The fourth-order valence-corrected chi connectivity index (χ4v) is 4.59. The molecule has 6 nitrogen and oxygen atoms in total. The summed E-state index contributed by atoms with van der Waals surface area (Å²) in [4.78, 5) is 25.3. The fraction of sp³-hybridized carbons (Fsp3) is 0.357. The lowest BCUT2D eigenvalue weighted by Gasteiger charge is -2.10. The summed E-state index contributed by atoms with van der Waals surface area (Å²) in [5.74, 6) is 0.935. The highest BCUT2D eigenvalue weighted by Crippen LogP contribution is 2.37. The van der Waals surface area contributed by atoms with Gasteiger partial charge in [0.25, 0.3) is 0 Å². The van der Waals surface area contributed by atoms with E-state index in [0.717, 1.165) is 35.5 Å². The number of ether oxygens (including phenoxy) is 3. The van der Waals surface area contributed by atoms with E-state index in [9.17, 15) is 9.59 Å². The Balaban J connectivity index is 1.60. The van der Waals surface area contributed by atoms with Crippen molar-refractivity contribution in [3.05, 3.63) is 65.0 Å². The topological polar surface area (TPSA) is 73.9 Å². The quantitative estimate of drug-likeness (QED) is 0.210. The maximum Gasteiger partial charge on any atom is 0.341 e. The summed E-state index contributed by atoms with van der Waals surface area (Å²) >= 11 is 1.31. The van der Waals surface area contributed by atoms with E-state index in [4.69, 9.17) is 14.2 Å². The summed E-state index contributed by atoms with van der Waals surface area (Å²) in [7, 11) is 0. The van der Waals surface area contributed by atoms with Gasteiger partial charge in [-0.3, -0.25) is 4.79 Å². The Morgan fingerprint density at radius 3 is 2.23 bits per heavy atom. The molecule has 1 heterocycles. The first-order valence-corrected chi connectivity index (χ1v) is 13.0. The van der Waals surface area contributed by atoms with Crippen molar-refractivity contribution in [2.75, 3.05) is 25.1 Å². The number of carbonyl (C=O) groups is 2. The largest absolute Gasteiger partial charge is 0.494 e. The predicted octanol–water partition coefficient (Wildman–Crippen LogP) is 6.74. The van der Waals surface area contributed by atoms with Crippen molar-refractivity contribution in [2.45, 2.75) is 46.5 Å². The summed E-state index contributed by atoms with van der Waals surface area (Å²) in [6.45, 7) is 7.11. The molecule has 0 aliphatic rings. The number of hydrogen-bond donors (Lipinski definition) is 1. The molecule has 7 heteroatoms. The van der Waals surface area contributed by atoms with Crippen molar-refractivity contribution in [1.82, 2.24) is 0 Å². The Kier molecular flexibility index (Phi) is 10.2. The molecule has 0 atom stereocenters. The zero-order valence-corrected chi connectivity index (χ0v) is 21.4. The molecule has 1 aromatic heterocycles. The van der Waals surface area contributed by atoms with Gasteiger partial charge in [-0.05, 0) is 62.1 Å². The molecule has 35 heavy (non-hydrogen) atoms. The van der Waals surface area contributed by atoms with Crippen LogP contribution in [0, 0.1) is 0 Å². The lowest BCUT2D eigenvalue weighted by Crippen LogP contribution is -2.15. The Morgan fingerprint density at radius 1 is 0.886 bits per heavy atom. The van der Waals surface area contributed by atoms with E-state index in [-0.39, 0.29) is 18.9 Å². The molecule has 0 aliphatic heterocycles. The standard InChI is InChI=1S/C28H33NO5S/c1-4-8-20-10-14-23(15-11-20)34-18-7-9-25(30)29-27-26(28(31)33-6-3)24(19-35-27)21-12-16-22(17-13-21)32-5-2/h10-17,19H,4-9,18H2,1-3H3,(H,29,30). The van der Waals surface area contributed by atoms with Gasteiger partial charge in [-0.2, -0.15) is 0 Å². The first-order chi connectivity index (χ1) is 17.0. The van der Waals surface area contributed by atoms with Crippen LogP contribution in [0.1, 0.15) is 56.0 Å². The van der Waals surface area contributed by atoms with Gasteiger partial charge in [0.05, 0.1) is 19.8 Å². The molecule has 2 aromatic carbocycles. The molecular formula is C28H33NO5S. The van der Waals surface area contributed by atoms with Crippen LogP contribution in [0.2, 0.25) is 0 Å². The molecule has 0 saturated heterocycles. The molecular weight excluding hydrogens is 462 g/mol. The van der Waals surface area contributed by atoms with Crippen LogP contribution in [-0.4, -0.2) is 31.7 Å². The second-order valence-corrected chi connectivity index (χ2v) is 8.81. The number of anilines is 1. The van der Waals surface area contributed by atoms with E-state index in [1.165, 1.54) is 16.9 Å². The number of carbonyl (C=O) groups excluding carboxylic acids is 2. The molecule has 0 spiro atoms. The highest BCUT2D eigenvalue weighted by Gasteiger charge is 2.22. The summed E-state index contributed by atoms with van der Waals surface area (Å²) in [5, 5.41) is 5.24. The number of aryl methyl sites for hydroxylation is 1. The van der Waals surface area contributed by atoms with Crippen molar-refractivity contribution < 1.29 is 23.8 Å². The highest BCUT2D eigenvalue weighted by atomic mass is 32.1. The predicted molar refractivity (Wildman–Crippen MR) is 141 cm³/mol. The maximum atomic E-state index is 12.7. The first kappa shape index (κ1) is 26.3. The van der Waals surface area contributed by atoms with Gasteiger partial charge in [0.2, 0.25) is 5.91 Å². The van der Waals surface area contributed by atoms with Gasteiger partial charge < -0.3 is 19.5 Å². The molecule has 3 aromatic rings. The third kappa shape index (κ3) is 7.59. The Bertz CT molecular complexity index is 1090. The van der Waals surface area contributed by atoms with E-state index in [2.05, 4.69) is 24.4 Å². The zero-order valence-electron chi connectivity index (χ0n) is 20.6. The molecule has 1 N–H and O–H groups in total. The van der Waals surface area contributed by atoms with Crippen molar-refractivity contribution in [3.63, 3.8) is 0 Å². The number of amides is 1. The van der Waals surface area contributed by atoms with Crippen LogP contribution in [0.4, 0.5) is 5.00 Å². The minimum atomic E-state index is -0.456. The molecule has 0 radical (unpaired) electrons. The second kappa shape index (κ2) is 13.5. The normalized spacial score (nSPS) is 10.6. The maximum absolute atomic E-state index is 12.7. The van der Waals surface area contributed by atoms with E-state index >= 15 is 0 Å². The van der Waals surface area contributed by atoms with Gasteiger partial charge in [0.15, 0.2) is 0 Å². The van der Waals surface area contributed by atoms with Crippen LogP contribution in [0.5, 0.6) is 11.5 Å². The summed E-state index contributed by atoms with van der Waals surface area (Å²) < 4.78 is 16.5. The molecule has 1 amide bonds. The zero-order chi connectivity index (χ0) is 25.0. The monoisotopic (exact) mass is 495 g/mol. The Morgan fingerprint density at radius 2 is 1.57 bits per heavy atom. The number of thiophene rings is 1. The second-order valence-electron chi connectivity index (χ2n) is 7.93. The van der Waals surface area contributed by atoms with Crippen LogP contribution in [0.15, 0.2) is 53.9 Å². The highest BCUT2D eigenvalue weighted by molar-refractivity contribution is 7.15. The average molecular weight is 496 g/mol. The van der Waals surface area contributed by atoms with Gasteiger partial charge in [0.1, 0.15) is 22.1 Å². The molecule has 0 fully saturated rings. The van der Waals surface area contributed by atoms with Crippen LogP contribution < -0.4 is 14.8 Å². The number of rotatable bonds is 13. The van der Waals surface area contributed by atoms with Crippen molar-refractivity contribution in [1.29, 1.82) is 0 Å². The molecule has 0 bridgehead atoms. The van der Waals surface area contributed by atoms with Gasteiger partial charge in [-0.25, -0.2) is 4.79 Å². The summed E-state index contributed by atoms with van der Waals surface area (Å²) in [5.41, 5.74) is 3.24. The van der Waals surface area contributed by atoms with Crippen molar-refractivity contribution in [3.8, 4) is 22.6 Å². The van der Waals surface area contributed by atoms with E-state index in [0.29, 0.717) is 30.2 Å². The first-order valence-electron chi connectivity index (χ1n) is 12.1. The summed E-state index contributed by atoms with van der Waals surface area (Å²) in [6, 6.07) is 15.6. The van der Waals surface area contributed by atoms with E-state index in [1.807, 2.05) is 48.7 Å². The Hall–Kier alpha value is -3.32. The molecule has 3 rings (SSSR count).